The maximum atomic E-state index is 14.4. The molecule has 132 valence electrons. The van der Waals surface area contributed by atoms with E-state index in [0.717, 1.165) is 25.2 Å². The molecule has 0 bridgehead atoms. The average Bonchev–Trinajstić information content (AvgIpc) is 2.85. The molecule has 1 aromatic rings. The van der Waals surface area contributed by atoms with E-state index in [1.54, 1.807) is 0 Å². The molecule has 1 aliphatic rings. The van der Waals surface area contributed by atoms with Crippen molar-refractivity contribution in [1.82, 2.24) is 0 Å². The first kappa shape index (κ1) is 18.3. The highest BCUT2D eigenvalue weighted by molar-refractivity contribution is 6.05. The number of rotatable bonds is 4. The number of benzene rings is 1. The number of hydrogen-bond acceptors (Lipinski definition) is 6. The van der Waals surface area contributed by atoms with Gasteiger partial charge in [0.2, 0.25) is 0 Å². The Morgan fingerprint density at radius 3 is 2.40 bits per heavy atom. The van der Waals surface area contributed by atoms with Crippen LogP contribution in [0.15, 0.2) is 47.8 Å². The molecule has 8 heteroatoms. The number of esters is 2. The van der Waals surface area contributed by atoms with Crippen LogP contribution >= 0.6 is 0 Å². The summed E-state index contributed by atoms with van der Waals surface area (Å²) in [5.41, 5.74) is -0.995. The maximum Gasteiger partial charge on any atom is 0.355 e. The van der Waals surface area contributed by atoms with Crippen LogP contribution in [0, 0.1) is 11.6 Å². The molecule has 0 aromatic heterocycles. The smallest absolute Gasteiger partial charge is 0.355 e. The number of carbonyl (C=O) groups is 2. The van der Waals surface area contributed by atoms with E-state index in [9.17, 15) is 23.5 Å². The zero-order valence-corrected chi connectivity index (χ0v) is 13.5. The van der Waals surface area contributed by atoms with E-state index in [1.165, 1.54) is 30.5 Å². The van der Waals surface area contributed by atoms with Crippen molar-refractivity contribution in [2.75, 3.05) is 19.1 Å². The summed E-state index contributed by atoms with van der Waals surface area (Å²) >= 11 is 0. The Kier molecular flexibility index (Phi) is 5.66. The minimum absolute atomic E-state index is 0.0102. The third-order valence-electron chi connectivity index (χ3n) is 3.45. The number of aliphatic hydroxyl groups is 1. The van der Waals surface area contributed by atoms with Gasteiger partial charge < -0.3 is 19.5 Å². The second-order valence-electron chi connectivity index (χ2n) is 4.84. The van der Waals surface area contributed by atoms with Crippen LogP contribution in [-0.2, 0) is 25.7 Å². The highest BCUT2D eigenvalue weighted by atomic mass is 19.2. The Bertz CT molecular complexity index is 798. The highest BCUT2D eigenvalue weighted by Gasteiger charge is 2.30. The first-order valence-electron chi connectivity index (χ1n) is 7.09. The molecule has 0 aliphatic carbocycles. The molecule has 0 unspecified atom stereocenters. The van der Waals surface area contributed by atoms with Crippen molar-refractivity contribution in [3.8, 4) is 0 Å². The summed E-state index contributed by atoms with van der Waals surface area (Å²) in [5, 5.41) is 9.46. The summed E-state index contributed by atoms with van der Waals surface area (Å²) in [5.74, 6) is -4.30. The molecule has 0 spiro atoms. The molecule has 0 saturated carbocycles. The lowest BCUT2D eigenvalue weighted by molar-refractivity contribution is -0.139. The number of carbonyl (C=O) groups excluding carboxylic acids is 2. The molecule has 0 saturated heterocycles. The van der Waals surface area contributed by atoms with E-state index >= 15 is 0 Å². The lowest BCUT2D eigenvalue weighted by Crippen LogP contribution is -2.28. The summed E-state index contributed by atoms with van der Waals surface area (Å²) < 4.78 is 37.5. The van der Waals surface area contributed by atoms with Gasteiger partial charge in [-0.3, -0.25) is 0 Å². The standard InChI is InChI=1S/C17H15F2NO5/c1-24-16(22)11-5-3-4-8-20(15(11)17(23)25-2)14-10(9-21)6-7-12(18)13(14)19/h3-8,21H,9H2,1-2H3. The number of methoxy groups -OCH3 is 2. The quantitative estimate of drug-likeness (QED) is 0.836. The predicted octanol–water partition coefficient (Wildman–Crippen LogP) is 1.95. The molecule has 1 heterocycles. The van der Waals surface area contributed by atoms with Crippen molar-refractivity contribution >= 4 is 17.6 Å². The van der Waals surface area contributed by atoms with Gasteiger partial charge in [0.15, 0.2) is 11.6 Å². The van der Waals surface area contributed by atoms with Gasteiger partial charge in [-0.05, 0) is 18.2 Å². The van der Waals surface area contributed by atoms with Crippen LogP contribution < -0.4 is 4.90 Å². The van der Waals surface area contributed by atoms with Crippen LogP contribution in [0.5, 0.6) is 0 Å². The average molecular weight is 351 g/mol. The summed E-state index contributed by atoms with van der Waals surface area (Å²) in [6.07, 6.45) is 5.36. The van der Waals surface area contributed by atoms with E-state index in [1.807, 2.05) is 0 Å². The third kappa shape index (κ3) is 3.43. The Hall–Kier alpha value is -3.00. The van der Waals surface area contributed by atoms with Crippen LogP contribution in [-0.4, -0.2) is 31.3 Å². The fraction of sp³-hybridized carbons (Fsp3) is 0.176. The van der Waals surface area contributed by atoms with Crippen molar-refractivity contribution in [2.45, 2.75) is 6.61 Å². The minimum atomic E-state index is -1.29. The van der Waals surface area contributed by atoms with Gasteiger partial charge in [0.05, 0.1) is 32.1 Å². The van der Waals surface area contributed by atoms with Gasteiger partial charge in [0.1, 0.15) is 5.70 Å². The normalized spacial score (nSPS) is 13.7. The van der Waals surface area contributed by atoms with E-state index in [4.69, 9.17) is 0 Å². The minimum Gasteiger partial charge on any atom is -0.465 e. The van der Waals surface area contributed by atoms with Crippen LogP contribution in [0.2, 0.25) is 0 Å². The van der Waals surface area contributed by atoms with Gasteiger partial charge in [-0.15, -0.1) is 0 Å². The van der Waals surface area contributed by atoms with E-state index in [-0.39, 0.29) is 16.8 Å². The summed E-state index contributed by atoms with van der Waals surface area (Å²) in [6, 6.07) is 2.03. The van der Waals surface area contributed by atoms with Crippen LogP contribution in [0.25, 0.3) is 0 Å². The van der Waals surface area contributed by atoms with Crippen LogP contribution in [0.3, 0.4) is 0 Å². The van der Waals surface area contributed by atoms with Gasteiger partial charge >= 0.3 is 11.9 Å². The number of nitrogens with zero attached hydrogens (tertiary/aromatic N) is 1. The Labute approximate surface area is 142 Å². The van der Waals surface area contributed by atoms with Crippen molar-refractivity contribution in [2.24, 2.45) is 0 Å². The van der Waals surface area contributed by atoms with Gasteiger partial charge in [0.25, 0.3) is 0 Å². The molecule has 1 aliphatic heterocycles. The number of allylic oxidation sites excluding steroid dienone is 2. The maximum absolute atomic E-state index is 14.4. The largest absolute Gasteiger partial charge is 0.465 e. The molecular weight excluding hydrogens is 336 g/mol. The van der Waals surface area contributed by atoms with Crippen molar-refractivity contribution < 1.29 is 33.0 Å². The molecule has 1 N–H and O–H groups in total. The number of hydrogen-bond donors (Lipinski definition) is 1. The lowest BCUT2D eigenvalue weighted by atomic mass is 10.1. The van der Waals surface area contributed by atoms with Crippen molar-refractivity contribution in [3.05, 3.63) is 65.0 Å². The SMILES string of the molecule is COC(=O)C1=C(C(=O)OC)N(c2c(CO)ccc(F)c2F)C=CC=C1. The van der Waals surface area contributed by atoms with E-state index < -0.39 is 35.9 Å². The van der Waals surface area contributed by atoms with Gasteiger partial charge in [-0.25, -0.2) is 18.4 Å². The molecular formula is C17H15F2NO5. The zero-order chi connectivity index (χ0) is 18.6. The molecule has 25 heavy (non-hydrogen) atoms. The zero-order valence-electron chi connectivity index (χ0n) is 13.5. The van der Waals surface area contributed by atoms with Gasteiger partial charge in [-0.1, -0.05) is 12.1 Å². The monoisotopic (exact) mass is 351 g/mol. The number of aliphatic hydroxyl groups excluding tert-OH is 1. The van der Waals surface area contributed by atoms with Crippen molar-refractivity contribution in [3.63, 3.8) is 0 Å². The second-order valence-corrected chi connectivity index (χ2v) is 4.84. The topological polar surface area (TPSA) is 76.1 Å². The van der Waals surface area contributed by atoms with E-state index in [0.29, 0.717) is 0 Å². The molecule has 0 fully saturated rings. The highest BCUT2D eigenvalue weighted by Crippen LogP contribution is 2.33. The molecule has 1 aromatic carbocycles. The predicted molar refractivity (Wildman–Crippen MR) is 84.1 cm³/mol. The van der Waals surface area contributed by atoms with Gasteiger partial charge in [0, 0.05) is 11.8 Å². The third-order valence-corrected chi connectivity index (χ3v) is 3.45. The summed E-state index contributed by atoms with van der Waals surface area (Å²) in [4.78, 5) is 25.2. The molecule has 0 amide bonds. The molecule has 2 rings (SSSR count). The Morgan fingerprint density at radius 2 is 1.80 bits per heavy atom. The molecule has 0 atom stereocenters. The first-order chi connectivity index (χ1) is 12.0. The number of anilines is 1. The van der Waals surface area contributed by atoms with E-state index in [2.05, 4.69) is 9.47 Å². The molecule has 6 nitrogen and oxygen atoms in total. The van der Waals surface area contributed by atoms with Crippen LogP contribution in [0.4, 0.5) is 14.5 Å². The molecule has 0 radical (unpaired) electrons. The Balaban J connectivity index is 2.81. The number of halogens is 2. The first-order valence-corrected chi connectivity index (χ1v) is 7.09. The lowest BCUT2D eigenvalue weighted by Gasteiger charge is -2.25. The second kappa shape index (κ2) is 7.71. The summed E-state index contributed by atoms with van der Waals surface area (Å²) in [7, 11) is 2.19. The fourth-order valence-corrected chi connectivity index (χ4v) is 2.30. The number of ether oxygens (including phenoxy) is 2. The summed E-state index contributed by atoms with van der Waals surface area (Å²) in [6.45, 7) is -0.619. The van der Waals surface area contributed by atoms with Crippen molar-refractivity contribution in [1.29, 1.82) is 0 Å². The fourth-order valence-electron chi connectivity index (χ4n) is 2.30. The van der Waals surface area contributed by atoms with Crippen LogP contribution in [0.1, 0.15) is 5.56 Å². The van der Waals surface area contributed by atoms with Gasteiger partial charge in [-0.2, -0.15) is 0 Å². The Morgan fingerprint density at radius 1 is 1.12 bits per heavy atom.